The van der Waals surface area contributed by atoms with E-state index in [0.29, 0.717) is 6.04 Å². The lowest BCUT2D eigenvalue weighted by atomic mass is 10.2. The molecule has 2 N–H and O–H groups in total. The number of aliphatic imine (C=N–C) groups is 1. The number of aryl methyl sites for hydroxylation is 1. The zero-order valence-electron chi connectivity index (χ0n) is 18.7. The molecule has 1 unspecified atom stereocenters. The molecule has 2 heterocycles. The van der Waals surface area contributed by atoms with Crippen molar-refractivity contribution in [3.05, 3.63) is 70.1 Å². The Kier molecular flexibility index (Phi) is 11.1. The van der Waals surface area contributed by atoms with E-state index in [1.807, 2.05) is 30.7 Å². The summed E-state index contributed by atoms with van der Waals surface area (Å²) in [7, 11) is 1.82. The summed E-state index contributed by atoms with van der Waals surface area (Å²) >= 11 is 0. The summed E-state index contributed by atoms with van der Waals surface area (Å²) in [5.74, 6) is 0.856. The fraction of sp³-hybridized carbons (Fsp3) is 0.500. The van der Waals surface area contributed by atoms with Crippen LogP contribution in [0.5, 0.6) is 0 Å². The number of halogens is 1. The zero-order valence-corrected chi connectivity index (χ0v) is 21.0. The number of likely N-dealkylation sites (tertiary alicyclic amines) is 1. The predicted octanol–water partition coefficient (Wildman–Crippen LogP) is 3.38. The van der Waals surface area contributed by atoms with Gasteiger partial charge in [0.15, 0.2) is 5.96 Å². The van der Waals surface area contributed by atoms with Crippen LogP contribution in [0.25, 0.3) is 0 Å². The highest BCUT2D eigenvalue weighted by Crippen LogP contribution is 2.19. The van der Waals surface area contributed by atoms with Crippen molar-refractivity contribution in [2.75, 3.05) is 26.7 Å². The van der Waals surface area contributed by atoms with Crippen molar-refractivity contribution in [2.24, 2.45) is 4.99 Å². The van der Waals surface area contributed by atoms with Gasteiger partial charge in [-0.25, -0.2) is 0 Å². The summed E-state index contributed by atoms with van der Waals surface area (Å²) in [4.78, 5) is 18.9. The minimum atomic E-state index is 0. The van der Waals surface area contributed by atoms with Gasteiger partial charge in [0.1, 0.15) is 0 Å². The molecule has 7 heteroatoms. The Labute approximate surface area is 203 Å². The Balaban J connectivity index is 0.00000341. The van der Waals surface area contributed by atoms with Crippen LogP contribution in [-0.2, 0) is 13.1 Å². The van der Waals surface area contributed by atoms with Gasteiger partial charge in [-0.1, -0.05) is 36.4 Å². The summed E-state index contributed by atoms with van der Waals surface area (Å²) in [6.07, 6.45) is 4.43. The number of rotatable bonds is 9. The standard InChI is InChI=1S/C24H35N5O.HI/c1-20-10-8-14-23(30)29(20)17-7-6-15-26-24(25-2)27-18-22-13-9-16-28(22)19-21-11-4-3-5-12-21;/h3-5,8,10-12,14,22H,6-7,9,13,15-19H2,1-2H3,(H2,25,26,27);1H. The summed E-state index contributed by atoms with van der Waals surface area (Å²) in [5, 5.41) is 6.90. The normalized spacial score (nSPS) is 16.7. The van der Waals surface area contributed by atoms with Gasteiger partial charge >= 0.3 is 0 Å². The van der Waals surface area contributed by atoms with Gasteiger partial charge in [0.2, 0.25) is 0 Å². The molecule has 1 aromatic carbocycles. The maximum atomic E-state index is 11.9. The first-order chi connectivity index (χ1) is 14.7. The average molecular weight is 537 g/mol. The van der Waals surface area contributed by atoms with E-state index >= 15 is 0 Å². The van der Waals surface area contributed by atoms with E-state index in [-0.39, 0.29) is 29.5 Å². The number of hydrogen-bond donors (Lipinski definition) is 2. The molecule has 0 aliphatic carbocycles. The average Bonchev–Trinajstić information content (AvgIpc) is 3.19. The van der Waals surface area contributed by atoms with Gasteiger partial charge < -0.3 is 15.2 Å². The van der Waals surface area contributed by atoms with Crippen LogP contribution in [0.15, 0.2) is 58.3 Å². The van der Waals surface area contributed by atoms with Crippen molar-refractivity contribution in [3.8, 4) is 0 Å². The van der Waals surface area contributed by atoms with Crippen molar-refractivity contribution in [1.82, 2.24) is 20.1 Å². The SMILES string of the molecule is CN=C(NCCCCn1c(C)cccc1=O)NCC1CCCN1Cc1ccccc1.I. The van der Waals surface area contributed by atoms with E-state index in [9.17, 15) is 4.79 Å². The molecule has 0 amide bonds. The van der Waals surface area contributed by atoms with E-state index in [1.165, 1.54) is 18.4 Å². The van der Waals surface area contributed by atoms with Crippen LogP contribution < -0.4 is 16.2 Å². The molecule has 3 rings (SSSR count). The second kappa shape index (κ2) is 13.5. The maximum absolute atomic E-state index is 11.9. The monoisotopic (exact) mass is 537 g/mol. The molecule has 1 fully saturated rings. The summed E-state index contributed by atoms with van der Waals surface area (Å²) in [6.45, 7) is 6.66. The van der Waals surface area contributed by atoms with Gasteiger partial charge in [-0.3, -0.25) is 14.7 Å². The first-order valence-electron chi connectivity index (χ1n) is 11.1. The fourth-order valence-corrected chi connectivity index (χ4v) is 4.10. The highest BCUT2D eigenvalue weighted by Gasteiger charge is 2.24. The summed E-state index contributed by atoms with van der Waals surface area (Å²) in [6, 6.07) is 16.7. The van der Waals surface area contributed by atoms with Crippen LogP contribution in [0.2, 0.25) is 0 Å². The van der Waals surface area contributed by atoms with Gasteiger partial charge in [-0.05, 0) is 50.8 Å². The number of hydrogen-bond acceptors (Lipinski definition) is 3. The molecule has 1 aliphatic rings. The Morgan fingerprint density at radius 2 is 1.90 bits per heavy atom. The van der Waals surface area contributed by atoms with Crippen molar-refractivity contribution >= 4 is 29.9 Å². The third-order valence-electron chi connectivity index (χ3n) is 5.83. The molecule has 6 nitrogen and oxygen atoms in total. The molecule has 1 aromatic heterocycles. The van der Waals surface area contributed by atoms with E-state index in [2.05, 4.69) is 50.9 Å². The third-order valence-corrected chi connectivity index (χ3v) is 5.83. The lowest BCUT2D eigenvalue weighted by Gasteiger charge is -2.25. The lowest BCUT2D eigenvalue weighted by Crippen LogP contribution is -2.44. The highest BCUT2D eigenvalue weighted by molar-refractivity contribution is 14.0. The molecule has 1 saturated heterocycles. The van der Waals surface area contributed by atoms with Crippen LogP contribution >= 0.6 is 24.0 Å². The van der Waals surface area contributed by atoms with Crippen molar-refractivity contribution in [2.45, 2.75) is 51.7 Å². The molecule has 2 aromatic rings. The van der Waals surface area contributed by atoms with Crippen molar-refractivity contribution in [1.29, 1.82) is 0 Å². The Hall–Kier alpha value is -1.87. The maximum Gasteiger partial charge on any atom is 0.250 e. The second-order valence-electron chi connectivity index (χ2n) is 8.00. The number of nitrogens with one attached hydrogen (secondary N) is 2. The molecular formula is C24H36IN5O. The number of unbranched alkanes of at least 4 members (excludes halogenated alkanes) is 1. The lowest BCUT2D eigenvalue weighted by molar-refractivity contribution is 0.245. The third kappa shape index (κ3) is 7.96. The molecule has 1 aliphatic heterocycles. The molecule has 31 heavy (non-hydrogen) atoms. The number of guanidine groups is 1. The van der Waals surface area contributed by atoms with E-state index in [0.717, 1.165) is 57.2 Å². The first-order valence-corrected chi connectivity index (χ1v) is 11.1. The Bertz CT molecular complexity index is 868. The van der Waals surface area contributed by atoms with Crippen molar-refractivity contribution < 1.29 is 0 Å². The number of aromatic nitrogens is 1. The number of pyridine rings is 1. The van der Waals surface area contributed by atoms with Crippen LogP contribution in [-0.4, -0.2) is 48.2 Å². The smallest absolute Gasteiger partial charge is 0.250 e. The van der Waals surface area contributed by atoms with Gasteiger partial charge in [0.05, 0.1) is 0 Å². The minimum absolute atomic E-state index is 0. The van der Waals surface area contributed by atoms with E-state index < -0.39 is 0 Å². The van der Waals surface area contributed by atoms with E-state index in [4.69, 9.17) is 0 Å². The highest BCUT2D eigenvalue weighted by atomic mass is 127. The zero-order chi connectivity index (χ0) is 21.2. The fourth-order valence-electron chi connectivity index (χ4n) is 4.10. The van der Waals surface area contributed by atoms with Crippen LogP contribution in [0.3, 0.4) is 0 Å². The summed E-state index contributed by atoms with van der Waals surface area (Å²) in [5.41, 5.74) is 2.47. The second-order valence-corrected chi connectivity index (χ2v) is 8.00. The Morgan fingerprint density at radius 3 is 2.65 bits per heavy atom. The van der Waals surface area contributed by atoms with Crippen LogP contribution in [0, 0.1) is 6.92 Å². The molecule has 0 saturated carbocycles. The molecule has 0 bridgehead atoms. The predicted molar refractivity (Wildman–Crippen MR) is 139 cm³/mol. The van der Waals surface area contributed by atoms with Crippen molar-refractivity contribution in [3.63, 3.8) is 0 Å². The van der Waals surface area contributed by atoms with Gasteiger partial charge in [0.25, 0.3) is 5.56 Å². The quantitative estimate of drug-likeness (QED) is 0.223. The minimum Gasteiger partial charge on any atom is -0.356 e. The Morgan fingerprint density at radius 1 is 1.10 bits per heavy atom. The van der Waals surface area contributed by atoms with Crippen LogP contribution in [0.4, 0.5) is 0 Å². The topological polar surface area (TPSA) is 61.7 Å². The summed E-state index contributed by atoms with van der Waals surface area (Å²) < 4.78 is 1.84. The number of benzene rings is 1. The first kappa shape index (κ1) is 25.4. The molecule has 170 valence electrons. The van der Waals surface area contributed by atoms with Gasteiger partial charge in [-0.15, -0.1) is 24.0 Å². The molecular weight excluding hydrogens is 501 g/mol. The van der Waals surface area contributed by atoms with E-state index in [1.54, 1.807) is 6.07 Å². The number of nitrogens with zero attached hydrogens (tertiary/aromatic N) is 3. The largest absolute Gasteiger partial charge is 0.356 e. The molecule has 1 atom stereocenters. The van der Waals surface area contributed by atoms with Gasteiger partial charge in [-0.2, -0.15) is 0 Å². The van der Waals surface area contributed by atoms with Crippen LogP contribution in [0.1, 0.15) is 36.9 Å². The molecule has 0 radical (unpaired) electrons. The van der Waals surface area contributed by atoms with Gasteiger partial charge in [0, 0.05) is 51.0 Å². The molecule has 0 spiro atoms.